The molecule has 1 heterocycles. The van der Waals surface area contributed by atoms with E-state index in [9.17, 15) is 4.79 Å². The van der Waals surface area contributed by atoms with E-state index in [1.54, 1.807) is 0 Å². The fraction of sp³-hybridized carbons (Fsp3) is 0.167. The number of benzene rings is 1. The van der Waals surface area contributed by atoms with E-state index in [4.69, 9.17) is 10.8 Å². The number of aryl methyl sites for hydroxylation is 2. The van der Waals surface area contributed by atoms with Gasteiger partial charge in [0, 0.05) is 0 Å². The molecule has 0 aliphatic heterocycles. The van der Waals surface area contributed by atoms with Gasteiger partial charge in [-0.3, -0.25) is 0 Å². The molecular formula is C12H13N3O2. The van der Waals surface area contributed by atoms with E-state index >= 15 is 0 Å². The van der Waals surface area contributed by atoms with Gasteiger partial charge in [-0.15, -0.1) is 0 Å². The second-order valence-corrected chi connectivity index (χ2v) is 3.95. The molecule has 1 aromatic carbocycles. The number of hydrogen-bond donors (Lipinski definition) is 2. The Morgan fingerprint density at radius 3 is 2.71 bits per heavy atom. The van der Waals surface area contributed by atoms with Gasteiger partial charge in [0.1, 0.15) is 11.4 Å². The van der Waals surface area contributed by atoms with Crippen molar-refractivity contribution >= 4 is 11.8 Å². The van der Waals surface area contributed by atoms with Crippen molar-refractivity contribution in [2.45, 2.75) is 13.8 Å². The molecule has 0 saturated heterocycles. The van der Waals surface area contributed by atoms with Crippen molar-refractivity contribution in [1.29, 1.82) is 0 Å². The molecule has 0 aliphatic rings. The van der Waals surface area contributed by atoms with Crippen LogP contribution in [-0.2, 0) is 0 Å². The van der Waals surface area contributed by atoms with Crippen LogP contribution < -0.4 is 5.73 Å². The molecule has 5 nitrogen and oxygen atoms in total. The van der Waals surface area contributed by atoms with Crippen molar-refractivity contribution in [3.8, 4) is 5.69 Å². The van der Waals surface area contributed by atoms with Gasteiger partial charge in [0.15, 0.2) is 0 Å². The second kappa shape index (κ2) is 3.93. The van der Waals surface area contributed by atoms with Gasteiger partial charge in [-0.25, -0.2) is 9.48 Å². The SMILES string of the molecule is Cc1ccc(C)c(-n2ncc(C(=O)O)c2N)c1. The molecule has 2 rings (SSSR count). The number of nitrogens with two attached hydrogens (primary N) is 1. The molecule has 0 spiro atoms. The smallest absolute Gasteiger partial charge is 0.341 e. The number of nitrogens with zero attached hydrogens (tertiary/aromatic N) is 2. The molecule has 0 aliphatic carbocycles. The van der Waals surface area contributed by atoms with Gasteiger partial charge >= 0.3 is 5.97 Å². The zero-order valence-electron chi connectivity index (χ0n) is 9.64. The highest BCUT2D eigenvalue weighted by Gasteiger charge is 2.15. The Hall–Kier alpha value is -2.30. The third-order valence-electron chi connectivity index (χ3n) is 2.63. The number of rotatable bonds is 2. The number of carboxylic acids is 1. The minimum absolute atomic E-state index is 0.0194. The Labute approximate surface area is 98.5 Å². The maximum absolute atomic E-state index is 10.9. The lowest BCUT2D eigenvalue weighted by molar-refractivity contribution is 0.0698. The normalized spacial score (nSPS) is 10.5. The zero-order valence-corrected chi connectivity index (χ0v) is 9.64. The van der Waals surface area contributed by atoms with Crippen LogP contribution in [0.25, 0.3) is 5.69 Å². The number of aromatic nitrogens is 2. The van der Waals surface area contributed by atoms with Crippen molar-refractivity contribution in [3.63, 3.8) is 0 Å². The van der Waals surface area contributed by atoms with Crippen molar-refractivity contribution in [2.24, 2.45) is 0 Å². The second-order valence-electron chi connectivity index (χ2n) is 3.95. The van der Waals surface area contributed by atoms with E-state index in [1.165, 1.54) is 10.9 Å². The molecule has 88 valence electrons. The monoisotopic (exact) mass is 231 g/mol. The van der Waals surface area contributed by atoms with Crippen molar-refractivity contribution in [2.75, 3.05) is 5.73 Å². The summed E-state index contributed by atoms with van der Waals surface area (Å²) < 4.78 is 1.45. The average molecular weight is 231 g/mol. The molecule has 17 heavy (non-hydrogen) atoms. The van der Waals surface area contributed by atoms with Crippen LogP contribution >= 0.6 is 0 Å². The summed E-state index contributed by atoms with van der Waals surface area (Å²) in [5.74, 6) is -0.926. The van der Waals surface area contributed by atoms with Crippen LogP contribution in [-0.4, -0.2) is 20.9 Å². The average Bonchev–Trinajstić information content (AvgIpc) is 2.64. The molecule has 0 atom stereocenters. The summed E-state index contributed by atoms with van der Waals surface area (Å²) in [4.78, 5) is 10.9. The zero-order chi connectivity index (χ0) is 12.6. The topological polar surface area (TPSA) is 81.1 Å². The Kier molecular flexibility index (Phi) is 2.59. The van der Waals surface area contributed by atoms with Crippen molar-refractivity contribution in [3.05, 3.63) is 41.1 Å². The summed E-state index contributed by atoms with van der Waals surface area (Å²) in [7, 11) is 0. The van der Waals surface area contributed by atoms with Gasteiger partial charge in [-0.2, -0.15) is 5.10 Å². The van der Waals surface area contributed by atoms with Gasteiger partial charge in [0.05, 0.1) is 11.9 Å². The molecular weight excluding hydrogens is 218 g/mol. The van der Waals surface area contributed by atoms with E-state index in [1.807, 2.05) is 32.0 Å². The standard InChI is InChI=1S/C12H13N3O2/c1-7-3-4-8(2)10(5-7)15-11(13)9(6-14-15)12(16)17/h3-6H,13H2,1-2H3,(H,16,17). The van der Waals surface area contributed by atoms with E-state index in [-0.39, 0.29) is 11.4 Å². The largest absolute Gasteiger partial charge is 0.477 e. The number of carbonyl (C=O) groups is 1. The first-order chi connectivity index (χ1) is 8.00. The molecule has 0 fully saturated rings. The number of nitrogen functional groups attached to an aromatic ring is 1. The minimum atomic E-state index is -1.07. The van der Waals surface area contributed by atoms with Crippen LogP contribution in [0, 0.1) is 13.8 Å². The molecule has 0 bridgehead atoms. The third kappa shape index (κ3) is 1.87. The Bertz CT molecular complexity index is 587. The Morgan fingerprint density at radius 1 is 1.41 bits per heavy atom. The quantitative estimate of drug-likeness (QED) is 0.825. The number of carboxylic acid groups (broad SMARTS) is 1. The highest BCUT2D eigenvalue weighted by atomic mass is 16.4. The third-order valence-corrected chi connectivity index (χ3v) is 2.63. The highest BCUT2D eigenvalue weighted by molar-refractivity contribution is 5.92. The van der Waals surface area contributed by atoms with Crippen LogP contribution in [0.1, 0.15) is 21.5 Å². The van der Waals surface area contributed by atoms with Crippen LogP contribution in [0.5, 0.6) is 0 Å². The summed E-state index contributed by atoms with van der Waals surface area (Å²) >= 11 is 0. The maximum Gasteiger partial charge on any atom is 0.341 e. The maximum atomic E-state index is 10.9. The first-order valence-electron chi connectivity index (χ1n) is 5.15. The summed E-state index contributed by atoms with van der Waals surface area (Å²) in [6.07, 6.45) is 1.26. The molecule has 2 aromatic rings. The lowest BCUT2D eigenvalue weighted by Gasteiger charge is -2.08. The molecule has 3 N–H and O–H groups in total. The van der Waals surface area contributed by atoms with E-state index in [0.29, 0.717) is 0 Å². The molecule has 0 saturated carbocycles. The number of aromatic carboxylic acids is 1. The van der Waals surface area contributed by atoms with Gasteiger partial charge in [-0.1, -0.05) is 12.1 Å². The predicted molar refractivity (Wildman–Crippen MR) is 64.4 cm³/mol. The summed E-state index contributed by atoms with van der Waals surface area (Å²) in [5, 5.41) is 12.9. The number of hydrogen-bond acceptors (Lipinski definition) is 3. The first kappa shape index (κ1) is 11.2. The first-order valence-corrected chi connectivity index (χ1v) is 5.15. The Morgan fingerprint density at radius 2 is 2.12 bits per heavy atom. The van der Waals surface area contributed by atoms with Crippen LogP contribution in [0.4, 0.5) is 5.82 Å². The highest BCUT2D eigenvalue weighted by Crippen LogP contribution is 2.21. The van der Waals surface area contributed by atoms with Crippen molar-refractivity contribution < 1.29 is 9.90 Å². The van der Waals surface area contributed by atoms with Gasteiger partial charge in [0.2, 0.25) is 0 Å². The van der Waals surface area contributed by atoms with Gasteiger partial charge in [0.25, 0.3) is 0 Å². The van der Waals surface area contributed by atoms with E-state index in [2.05, 4.69) is 5.10 Å². The lowest BCUT2D eigenvalue weighted by atomic mass is 10.1. The molecule has 0 unspecified atom stereocenters. The molecule has 1 aromatic heterocycles. The Balaban J connectivity index is 2.61. The lowest BCUT2D eigenvalue weighted by Crippen LogP contribution is -2.07. The van der Waals surface area contributed by atoms with Crippen LogP contribution in [0.15, 0.2) is 24.4 Å². The number of anilines is 1. The predicted octanol–water partition coefficient (Wildman–Crippen LogP) is 1.77. The fourth-order valence-electron chi connectivity index (χ4n) is 1.66. The minimum Gasteiger partial charge on any atom is -0.477 e. The van der Waals surface area contributed by atoms with Gasteiger partial charge < -0.3 is 10.8 Å². The van der Waals surface area contributed by atoms with Crippen molar-refractivity contribution in [1.82, 2.24) is 9.78 Å². The summed E-state index contributed by atoms with van der Waals surface area (Å²) in [6.45, 7) is 3.89. The van der Waals surface area contributed by atoms with Crippen LogP contribution in [0.2, 0.25) is 0 Å². The van der Waals surface area contributed by atoms with E-state index in [0.717, 1.165) is 16.8 Å². The summed E-state index contributed by atoms with van der Waals surface area (Å²) in [6, 6.07) is 5.85. The van der Waals surface area contributed by atoms with Crippen LogP contribution in [0.3, 0.4) is 0 Å². The molecule has 5 heteroatoms. The molecule has 0 amide bonds. The van der Waals surface area contributed by atoms with Gasteiger partial charge in [-0.05, 0) is 31.0 Å². The fourth-order valence-corrected chi connectivity index (χ4v) is 1.66. The summed E-state index contributed by atoms with van der Waals surface area (Å²) in [5.41, 5.74) is 8.65. The van der Waals surface area contributed by atoms with E-state index < -0.39 is 5.97 Å². The molecule has 0 radical (unpaired) electrons.